The van der Waals surface area contributed by atoms with Crippen LogP contribution in [0, 0.1) is 12.8 Å². The van der Waals surface area contributed by atoms with Crippen molar-refractivity contribution in [2.75, 3.05) is 11.9 Å². The van der Waals surface area contributed by atoms with Gasteiger partial charge in [-0.2, -0.15) is 0 Å². The average Bonchev–Trinajstić information content (AvgIpc) is 2.91. The number of ether oxygens (including phenoxy) is 1. The third-order valence-electron chi connectivity index (χ3n) is 5.05. The van der Waals surface area contributed by atoms with Gasteiger partial charge in [-0.1, -0.05) is 36.4 Å². The predicted molar refractivity (Wildman–Crippen MR) is 104 cm³/mol. The molecule has 1 aliphatic heterocycles. The molecule has 0 aliphatic carbocycles. The Balaban J connectivity index is 1.60. The molecule has 6 heteroatoms. The van der Waals surface area contributed by atoms with Gasteiger partial charge in [-0.25, -0.2) is 4.68 Å². The molecule has 1 atom stereocenters. The van der Waals surface area contributed by atoms with Crippen molar-refractivity contribution in [3.8, 4) is 11.4 Å². The van der Waals surface area contributed by atoms with Crippen molar-refractivity contribution in [2.24, 2.45) is 13.0 Å². The normalized spacial score (nSPS) is 15.7. The van der Waals surface area contributed by atoms with Gasteiger partial charge >= 0.3 is 0 Å². The van der Waals surface area contributed by atoms with Crippen LogP contribution in [0.15, 0.2) is 59.4 Å². The lowest BCUT2D eigenvalue weighted by molar-refractivity contribution is -0.121. The second-order valence-corrected chi connectivity index (χ2v) is 6.75. The maximum absolute atomic E-state index is 12.9. The Morgan fingerprint density at radius 2 is 1.81 bits per heavy atom. The molecule has 6 nitrogen and oxygen atoms in total. The topological polar surface area (TPSA) is 65.3 Å². The third kappa shape index (κ3) is 3.03. The molecule has 1 aliphatic rings. The fourth-order valence-corrected chi connectivity index (χ4v) is 3.43. The number of carbonyl (C=O) groups excluding carboxylic acids is 1. The van der Waals surface area contributed by atoms with Crippen molar-refractivity contribution in [1.82, 2.24) is 9.36 Å². The number of aromatic nitrogens is 2. The minimum Gasteiger partial charge on any atom is -0.492 e. The summed E-state index contributed by atoms with van der Waals surface area (Å²) in [5.74, 6) is 0.295. The van der Waals surface area contributed by atoms with Crippen LogP contribution < -0.4 is 15.6 Å². The first kappa shape index (κ1) is 17.1. The molecule has 0 saturated heterocycles. The first-order chi connectivity index (χ1) is 13.1. The smallest absolute Gasteiger partial charge is 0.295 e. The number of anilines is 1. The van der Waals surface area contributed by atoms with Gasteiger partial charge in [0.05, 0.1) is 17.3 Å². The molecule has 2 aromatic carbocycles. The Kier molecular flexibility index (Phi) is 4.32. The summed E-state index contributed by atoms with van der Waals surface area (Å²) < 4.78 is 9.01. The van der Waals surface area contributed by atoms with Gasteiger partial charge in [0.15, 0.2) is 0 Å². The first-order valence-electron chi connectivity index (χ1n) is 8.92. The lowest BCUT2D eigenvalue weighted by Crippen LogP contribution is -2.34. The fraction of sp³-hybridized carbons (Fsp3) is 0.238. The summed E-state index contributed by atoms with van der Waals surface area (Å²) in [4.78, 5) is 25.7. The average molecular weight is 363 g/mol. The van der Waals surface area contributed by atoms with Crippen LogP contribution in [0.5, 0.6) is 5.75 Å². The molecule has 1 amide bonds. The van der Waals surface area contributed by atoms with E-state index >= 15 is 0 Å². The molecule has 4 rings (SSSR count). The van der Waals surface area contributed by atoms with Gasteiger partial charge in [-0.15, -0.1) is 0 Å². The summed E-state index contributed by atoms with van der Waals surface area (Å²) in [6.07, 6.45) is 0.598. The zero-order valence-electron chi connectivity index (χ0n) is 15.3. The maximum atomic E-state index is 12.9. The number of carbonyl (C=O) groups is 1. The zero-order chi connectivity index (χ0) is 19.0. The molecular weight excluding hydrogens is 342 g/mol. The predicted octanol–water partition coefficient (Wildman–Crippen LogP) is 2.67. The van der Waals surface area contributed by atoms with E-state index in [1.165, 1.54) is 0 Å². The first-order valence-corrected chi connectivity index (χ1v) is 8.92. The highest BCUT2D eigenvalue weighted by molar-refractivity contribution is 5.93. The SMILES string of the molecule is Cc1c(NC(=O)[C@H]2COc3ccccc3C2)c(=O)n(-c2ccccc2)n1C. The Morgan fingerprint density at radius 3 is 2.59 bits per heavy atom. The van der Waals surface area contributed by atoms with Crippen LogP contribution in [0.4, 0.5) is 5.69 Å². The molecule has 0 saturated carbocycles. The van der Waals surface area contributed by atoms with E-state index in [2.05, 4.69) is 5.32 Å². The van der Waals surface area contributed by atoms with E-state index in [-0.39, 0.29) is 17.4 Å². The van der Waals surface area contributed by atoms with E-state index in [9.17, 15) is 9.59 Å². The summed E-state index contributed by atoms with van der Waals surface area (Å²) >= 11 is 0. The largest absolute Gasteiger partial charge is 0.492 e. The lowest BCUT2D eigenvalue weighted by atomic mass is 9.96. The number of benzene rings is 2. The molecule has 27 heavy (non-hydrogen) atoms. The van der Waals surface area contributed by atoms with E-state index in [1.807, 2.05) is 61.5 Å². The number of nitrogens with zero attached hydrogens (tertiary/aromatic N) is 2. The number of fused-ring (bicyclic) bond motifs is 1. The lowest BCUT2D eigenvalue weighted by Gasteiger charge is -2.24. The van der Waals surface area contributed by atoms with Crippen molar-refractivity contribution >= 4 is 11.6 Å². The van der Waals surface area contributed by atoms with Gasteiger partial charge in [-0.3, -0.25) is 14.3 Å². The quantitative estimate of drug-likeness (QED) is 0.778. The van der Waals surface area contributed by atoms with Gasteiger partial charge in [0.2, 0.25) is 5.91 Å². The maximum Gasteiger partial charge on any atom is 0.295 e. The molecular formula is C21H21N3O3. The van der Waals surface area contributed by atoms with Crippen LogP contribution >= 0.6 is 0 Å². The highest BCUT2D eigenvalue weighted by Gasteiger charge is 2.28. The van der Waals surface area contributed by atoms with Gasteiger partial charge in [0.25, 0.3) is 5.56 Å². The highest BCUT2D eigenvalue weighted by Crippen LogP contribution is 2.27. The number of amides is 1. The number of nitrogens with one attached hydrogen (secondary N) is 1. The van der Waals surface area contributed by atoms with Crippen molar-refractivity contribution in [3.05, 3.63) is 76.2 Å². The van der Waals surface area contributed by atoms with Crippen LogP contribution in [0.25, 0.3) is 5.69 Å². The van der Waals surface area contributed by atoms with Crippen molar-refractivity contribution < 1.29 is 9.53 Å². The van der Waals surface area contributed by atoms with E-state index in [1.54, 1.807) is 16.4 Å². The number of para-hydroxylation sites is 2. The molecule has 0 unspecified atom stereocenters. The zero-order valence-corrected chi connectivity index (χ0v) is 15.3. The Hall–Kier alpha value is -3.28. The Labute approximate surface area is 157 Å². The van der Waals surface area contributed by atoms with Crippen LogP contribution in [0.2, 0.25) is 0 Å². The molecule has 0 radical (unpaired) electrons. The second kappa shape index (κ2) is 6.79. The van der Waals surface area contributed by atoms with Crippen LogP contribution in [0.1, 0.15) is 11.3 Å². The minimum absolute atomic E-state index is 0.199. The summed E-state index contributed by atoms with van der Waals surface area (Å²) in [6.45, 7) is 2.13. The van der Waals surface area contributed by atoms with Gasteiger partial charge < -0.3 is 10.1 Å². The number of hydrogen-bond acceptors (Lipinski definition) is 3. The Morgan fingerprint density at radius 1 is 1.11 bits per heavy atom. The fourth-order valence-electron chi connectivity index (χ4n) is 3.43. The van der Waals surface area contributed by atoms with Crippen molar-refractivity contribution in [3.63, 3.8) is 0 Å². The van der Waals surface area contributed by atoms with E-state index in [4.69, 9.17) is 4.74 Å². The van der Waals surface area contributed by atoms with Crippen LogP contribution in [0.3, 0.4) is 0 Å². The standard InChI is InChI=1S/C21H21N3O3/c1-14-19(21(26)24(23(14)2)17-9-4-3-5-10-17)22-20(25)16-12-15-8-6-7-11-18(15)27-13-16/h3-11,16H,12-13H2,1-2H3,(H,22,25)/t16-/m1/s1. The van der Waals surface area contributed by atoms with Gasteiger partial charge in [0.1, 0.15) is 18.0 Å². The van der Waals surface area contributed by atoms with Crippen LogP contribution in [-0.4, -0.2) is 21.9 Å². The molecule has 2 heterocycles. The van der Waals surface area contributed by atoms with Crippen LogP contribution in [-0.2, 0) is 18.3 Å². The number of rotatable bonds is 3. The summed E-state index contributed by atoms with van der Waals surface area (Å²) in [7, 11) is 1.80. The molecule has 0 bridgehead atoms. The van der Waals surface area contributed by atoms with Crippen molar-refractivity contribution in [2.45, 2.75) is 13.3 Å². The van der Waals surface area contributed by atoms with Crippen molar-refractivity contribution in [1.29, 1.82) is 0 Å². The van der Waals surface area contributed by atoms with E-state index in [0.717, 1.165) is 17.0 Å². The second-order valence-electron chi connectivity index (χ2n) is 6.75. The van der Waals surface area contributed by atoms with E-state index < -0.39 is 0 Å². The highest BCUT2D eigenvalue weighted by atomic mass is 16.5. The molecule has 1 aromatic heterocycles. The monoisotopic (exact) mass is 363 g/mol. The molecule has 0 spiro atoms. The summed E-state index contributed by atoms with van der Waals surface area (Å²) in [5.41, 5.74) is 2.53. The summed E-state index contributed by atoms with van der Waals surface area (Å²) in [5, 5.41) is 2.84. The van der Waals surface area contributed by atoms with E-state index in [0.29, 0.717) is 24.4 Å². The molecule has 0 fully saturated rings. The molecule has 1 N–H and O–H groups in total. The molecule has 3 aromatic rings. The number of hydrogen-bond donors (Lipinski definition) is 1. The molecule has 138 valence electrons. The minimum atomic E-state index is -0.330. The van der Waals surface area contributed by atoms with Gasteiger partial charge in [0, 0.05) is 7.05 Å². The van der Waals surface area contributed by atoms with Gasteiger partial charge in [-0.05, 0) is 37.1 Å². The third-order valence-corrected chi connectivity index (χ3v) is 5.05. The summed E-state index contributed by atoms with van der Waals surface area (Å²) in [6, 6.07) is 17.1. The Bertz CT molecular complexity index is 1050.